The first-order chi connectivity index (χ1) is 5.72. The first kappa shape index (κ1) is 11.0. The van der Waals surface area contributed by atoms with Gasteiger partial charge >= 0.3 is 0 Å². The van der Waals surface area contributed by atoms with Crippen molar-refractivity contribution < 1.29 is 0 Å². The quantitative estimate of drug-likeness (QED) is 0.663. The normalized spacial score (nSPS) is 44.8. The summed E-state index contributed by atoms with van der Waals surface area (Å²) in [4.78, 5) is 0. The highest BCUT2D eigenvalue weighted by atomic mass is 14.8. The summed E-state index contributed by atoms with van der Waals surface area (Å²) in [5.74, 6) is 0. The first-order valence-electron chi connectivity index (χ1n) is 5.51. The summed E-state index contributed by atoms with van der Waals surface area (Å²) in [5.41, 5.74) is 7.20. The largest absolute Gasteiger partial charge is 0.325 e. The van der Waals surface area contributed by atoms with E-state index < -0.39 is 0 Å². The van der Waals surface area contributed by atoms with E-state index in [-0.39, 0.29) is 5.54 Å². The van der Waals surface area contributed by atoms with Crippen LogP contribution in [0.25, 0.3) is 0 Å². The van der Waals surface area contributed by atoms with E-state index in [0.29, 0.717) is 10.8 Å². The second kappa shape index (κ2) is 2.98. The molecule has 78 valence electrons. The summed E-state index contributed by atoms with van der Waals surface area (Å²) in [7, 11) is 0. The highest BCUT2D eigenvalue weighted by Gasteiger charge is 2.47. The Bertz CT molecular complexity index is 193. The maximum absolute atomic E-state index is 6.25. The Morgan fingerprint density at radius 1 is 1.08 bits per heavy atom. The molecule has 0 heterocycles. The predicted octanol–water partition coefficient (Wildman–Crippen LogP) is 3.33. The van der Waals surface area contributed by atoms with Gasteiger partial charge in [-0.25, -0.2) is 0 Å². The van der Waals surface area contributed by atoms with E-state index >= 15 is 0 Å². The molecule has 2 unspecified atom stereocenters. The Hall–Kier alpha value is -0.0400. The maximum Gasteiger partial charge on any atom is 0.0131 e. The van der Waals surface area contributed by atoms with Gasteiger partial charge in [-0.15, -0.1) is 0 Å². The van der Waals surface area contributed by atoms with Crippen LogP contribution in [-0.2, 0) is 0 Å². The van der Waals surface area contributed by atoms with Crippen LogP contribution in [-0.4, -0.2) is 5.54 Å². The lowest BCUT2D eigenvalue weighted by Crippen LogP contribution is -2.52. The molecular formula is C12H25N. The van der Waals surface area contributed by atoms with E-state index in [2.05, 4.69) is 34.6 Å². The van der Waals surface area contributed by atoms with Gasteiger partial charge in [-0.1, -0.05) is 34.1 Å². The molecule has 1 rings (SSSR count). The summed E-state index contributed by atoms with van der Waals surface area (Å²) < 4.78 is 0. The van der Waals surface area contributed by atoms with E-state index in [1.165, 1.54) is 25.7 Å². The molecule has 0 bridgehead atoms. The molecule has 2 N–H and O–H groups in total. The van der Waals surface area contributed by atoms with Crippen molar-refractivity contribution in [2.45, 2.75) is 65.8 Å². The van der Waals surface area contributed by atoms with Gasteiger partial charge in [0.2, 0.25) is 0 Å². The van der Waals surface area contributed by atoms with Gasteiger partial charge in [0.1, 0.15) is 0 Å². The number of hydrogen-bond acceptors (Lipinski definition) is 1. The van der Waals surface area contributed by atoms with E-state index in [9.17, 15) is 0 Å². The minimum absolute atomic E-state index is 0.0697. The lowest BCUT2D eigenvalue weighted by Gasteiger charge is -2.53. The van der Waals surface area contributed by atoms with Crippen molar-refractivity contribution in [2.75, 3.05) is 0 Å². The Morgan fingerprint density at radius 3 is 2.00 bits per heavy atom. The van der Waals surface area contributed by atoms with Crippen LogP contribution < -0.4 is 5.73 Å². The summed E-state index contributed by atoms with van der Waals surface area (Å²) in [6, 6.07) is 0. The molecule has 1 aliphatic carbocycles. The highest BCUT2D eigenvalue weighted by molar-refractivity contribution is 5.01. The zero-order valence-electron chi connectivity index (χ0n) is 9.91. The summed E-state index contributed by atoms with van der Waals surface area (Å²) >= 11 is 0. The van der Waals surface area contributed by atoms with Crippen LogP contribution in [0.3, 0.4) is 0 Å². The van der Waals surface area contributed by atoms with E-state index in [1.54, 1.807) is 0 Å². The third-order valence-electron chi connectivity index (χ3n) is 4.53. The average molecular weight is 183 g/mol. The molecule has 2 atom stereocenters. The van der Waals surface area contributed by atoms with Gasteiger partial charge in [0, 0.05) is 5.54 Å². The lowest BCUT2D eigenvalue weighted by atomic mass is 9.54. The van der Waals surface area contributed by atoms with Gasteiger partial charge in [0.05, 0.1) is 0 Å². The molecule has 0 saturated heterocycles. The zero-order chi connectivity index (χ0) is 10.3. The summed E-state index contributed by atoms with van der Waals surface area (Å²) in [6.45, 7) is 11.7. The van der Waals surface area contributed by atoms with Gasteiger partial charge in [0.15, 0.2) is 0 Å². The first-order valence-corrected chi connectivity index (χ1v) is 5.51. The van der Waals surface area contributed by atoms with Gasteiger partial charge in [-0.2, -0.15) is 0 Å². The molecule has 1 saturated carbocycles. The van der Waals surface area contributed by atoms with Crippen molar-refractivity contribution in [1.29, 1.82) is 0 Å². The molecule has 1 fully saturated rings. The molecule has 0 amide bonds. The van der Waals surface area contributed by atoms with Crippen LogP contribution in [0.1, 0.15) is 60.3 Å². The fourth-order valence-electron chi connectivity index (χ4n) is 2.72. The van der Waals surface area contributed by atoms with Crippen molar-refractivity contribution >= 4 is 0 Å². The monoisotopic (exact) mass is 183 g/mol. The molecule has 0 aromatic rings. The van der Waals surface area contributed by atoms with Gasteiger partial charge in [0.25, 0.3) is 0 Å². The molecule has 1 nitrogen and oxygen atoms in total. The van der Waals surface area contributed by atoms with Gasteiger partial charge < -0.3 is 5.73 Å². The molecule has 0 aromatic carbocycles. The van der Waals surface area contributed by atoms with Crippen LogP contribution in [0.4, 0.5) is 0 Å². The molecule has 0 spiro atoms. The van der Waals surface area contributed by atoms with Crippen LogP contribution in [0, 0.1) is 10.8 Å². The number of nitrogens with two attached hydrogens (primary N) is 1. The van der Waals surface area contributed by atoms with Crippen LogP contribution in [0.15, 0.2) is 0 Å². The fourth-order valence-corrected chi connectivity index (χ4v) is 2.72. The Morgan fingerprint density at radius 2 is 1.62 bits per heavy atom. The third kappa shape index (κ3) is 1.90. The van der Waals surface area contributed by atoms with Crippen molar-refractivity contribution in [3.05, 3.63) is 0 Å². The second-order valence-electron chi connectivity index (χ2n) is 6.13. The smallest absolute Gasteiger partial charge is 0.0131 e. The van der Waals surface area contributed by atoms with E-state index in [0.717, 1.165) is 0 Å². The van der Waals surface area contributed by atoms with Gasteiger partial charge in [-0.3, -0.25) is 0 Å². The Labute approximate surface area is 83.1 Å². The van der Waals surface area contributed by atoms with Crippen molar-refractivity contribution in [2.24, 2.45) is 16.6 Å². The molecular weight excluding hydrogens is 158 g/mol. The van der Waals surface area contributed by atoms with Crippen LogP contribution >= 0.6 is 0 Å². The molecule has 1 heteroatoms. The summed E-state index contributed by atoms with van der Waals surface area (Å²) in [6.07, 6.45) is 4.86. The number of rotatable bonds is 1. The Kier molecular flexibility index (Phi) is 2.53. The Balaban J connectivity index is 2.88. The maximum atomic E-state index is 6.25. The minimum Gasteiger partial charge on any atom is -0.325 e. The zero-order valence-corrected chi connectivity index (χ0v) is 9.91. The highest BCUT2D eigenvalue weighted by Crippen LogP contribution is 2.54. The van der Waals surface area contributed by atoms with Crippen molar-refractivity contribution in [3.63, 3.8) is 0 Å². The standard InChI is InChI=1S/C12H25N/c1-6-11(4)9-12(5,13)8-7-10(11,2)3/h6-9,13H2,1-5H3. The predicted molar refractivity (Wildman–Crippen MR) is 58.6 cm³/mol. The number of hydrogen-bond donors (Lipinski definition) is 1. The molecule has 0 radical (unpaired) electrons. The van der Waals surface area contributed by atoms with E-state index in [1.807, 2.05) is 0 Å². The van der Waals surface area contributed by atoms with Crippen molar-refractivity contribution in [3.8, 4) is 0 Å². The molecule has 13 heavy (non-hydrogen) atoms. The lowest BCUT2D eigenvalue weighted by molar-refractivity contribution is -0.00543. The van der Waals surface area contributed by atoms with Crippen LogP contribution in [0.2, 0.25) is 0 Å². The molecule has 1 aliphatic rings. The molecule has 0 aromatic heterocycles. The third-order valence-corrected chi connectivity index (χ3v) is 4.53. The van der Waals surface area contributed by atoms with Crippen LogP contribution in [0.5, 0.6) is 0 Å². The average Bonchev–Trinajstić information content (AvgIpc) is 1.98. The topological polar surface area (TPSA) is 26.0 Å². The molecule has 0 aliphatic heterocycles. The van der Waals surface area contributed by atoms with Crippen molar-refractivity contribution in [1.82, 2.24) is 0 Å². The van der Waals surface area contributed by atoms with E-state index in [4.69, 9.17) is 5.73 Å². The SMILES string of the molecule is CCC1(C)CC(C)(N)CCC1(C)C. The summed E-state index contributed by atoms with van der Waals surface area (Å²) in [5, 5.41) is 0. The second-order valence-corrected chi connectivity index (χ2v) is 6.13. The van der Waals surface area contributed by atoms with Gasteiger partial charge in [-0.05, 0) is 37.0 Å². The minimum atomic E-state index is 0.0697. The fraction of sp³-hybridized carbons (Fsp3) is 1.00.